The molecule has 1 saturated heterocycles. The van der Waals surface area contributed by atoms with Gasteiger partial charge in [-0.15, -0.1) is 0 Å². The zero-order chi connectivity index (χ0) is 22.1. The van der Waals surface area contributed by atoms with E-state index in [-0.39, 0.29) is 6.09 Å². The van der Waals surface area contributed by atoms with E-state index in [4.69, 9.17) is 9.47 Å². The van der Waals surface area contributed by atoms with Gasteiger partial charge in [-0.3, -0.25) is 4.99 Å². The van der Waals surface area contributed by atoms with Crippen LogP contribution in [0.15, 0.2) is 23.2 Å². The Morgan fingerprint density at radius 3 is 2.53 bits per heavy atom. The summed E-state index contributed by atoms with van der Waals surface area (Å²) < 4.78 is 10.9. The second kappa shape index (κ2) is 11.1. The first-order chi connectivity index (χ1) is 14.2. The number of carbonyl (C=O) groups excluding carboxylic acids is 1. The standard InChI is InChI=1S/C23H38N4O3/c1-17-7-8-20(29-6)19(15-17)9-12-25-21(24-5)26-16-18-10-13-27(14-11-18)22(28)30-23(2,3)4/h7-8,15,18H,9-14,16H2,1-6H3,(H2,24,25,26). The van der Waals surface area contributed by atoms with Gasteiger partial charge in [0.15, 0.2) is 5.96 Å². The first-order valence-electron chi connectivity index (χ1n) is 10.8. The van der Waals surface area contributed by atoms with Crippen molar-refractivity contribution in [1.82, 2.24) is 15.5 Å². The fourth-order valence-corrected chi connectivity index (χ4v) is 3.53. The van der Waals surface area contributed by atoms with Crippen LogP contribution in [0.1, 0.15) is 44.7 Å². The molecule has 2 rings (SSSR count). The van der Waals surface area contributed by atoms with Gasteiger partial charge < -0.3 is 25.0 Å². The zero-order valence-electron chi connectivity index (χ0n) is 19.4. The molecule has 0 aromatic heterocycles. The predicted molar refractivity (Wildman–Crippen MR) is 121 cm³/mol. The minimum Gasteiger partial charge on any atom is -0.496 e. The number of guanidine groups is 1. The van der Waals surface area contributed by atoms with Crippen LogP contribution in [-0.2, 0) is 11.2 Å². The number of rotatable bonds is 6. The molecule has 0 bridgehead atoms. The maximum Gasteiger partial charge on any atom is 0.410 e. The van der Waals surface area contributed by atoms with E-state index in [2.05, 4.69) is 34.7 Å². The minimum absolute atomic E-state index is 0.210. The van der Waals surface area contributed by atoms with Crippen LogP contribution in [0.4, 0.5) is 4.79 Å². The summed E-state index contributed by atoms with van der Waals surface area (Å²) in [5.74, 6) is 2.23. The van der Waals surface area contributed by atoms with Crippen LogP contribution in [0.5, 0.6) is 5.75 Å². The Morgan fingerprint density at radius 2 is 1.93 bits per heavy atom. The summed E-state index contributed by atoms with van der Waals surface area (Å²) in [5, 5.41) is 6.80. The molecule has 0 atom stereocenters. The van der Waals surface area contributed by atoms with Crippen LogP contribution < -0.4 is 15.4 Å². The van der Waals surface area contributed by atoms with E-state index in [1.807, 2.05) is 31.7 Å². The van der Waals surface area contributed by atoms with Gasteiger partial charge in [0.2, 0.25) is 0 Å². The minimum atomic E-state index is -0.448. The average Bonchev–Trinajstić information content (AvgIpc) is 2.69. The van der Waals surface area contributed by atoms with Crippen LogP contribution in [-0.4, -0.2) is 62.9 Å². The lowest BCUT2D eigenvalue weighted by atomic mass is 9.97. The highest BCUT2D eigenvalue weighted by atomic mass is 16.6. The van der Waals surface area contributed by atoms with Gasteiger partial charge in [0.05, 0.1) is 7.11 Å². The first-order valence-corrected chi connectivity index (χ1v) is 10.8. The summed E-state index contributed by atoms with van der Waals surface area (Å²) in [7, 11) is 3.49. The SMILES string of the molecule is CN=C(NCCc1cc(C)ccc1OC)NCC1CCN(C(=O)OC(C)(C)C)CC1. The molecule has 7 nitrogen and oxygen atoms in total. The molecule has 1 fully saturated rings. The predicted octanol–water partition coefficient (Wildman–Crippen LogP) is 3.36. The van der Waals surface area contributed by atoms with E-state index in [1.165, 1.54) is 11.1 Å². The Morgan fingerprint density at radius 1 is 1.23 bits per heavy atom. The molecule has 1 aromatic carbocycles. The number of amides is 1. The second-order valence-electron chi connectivity index (χ2n) is 8.86. The number of piperidine rings is 1. The molecular weight excluding hydrogens is 380 g/mol. The highest BCUT2D eigenvalue weighted by Gasteiger charge is 2.26. The fourth-order valence-electron chi connectivity index (χ4n) is 3.53. The molecule has 0 radical (unpaired) electrons. The van der Waals surface area contributed by atoms with Crippen LogP contribution in [0, 0.1) is 12.8 Å². The Hall–Kier alpha value is -2.44. The molecule has 7 heteroatoms. The topological polar surface area (TPSA) is 75.2 Å². The van der Waals surface area contributed by atoms with Gasteiger partial charge in [-0.05, 0) is 64.5 Å². The molecule has 2 N–H and O–H groups in total. The monoisotopic (exact) mass is 418 g/mol. The summed E-state index contributed by atoms with van der Waals surface area (Å²) in [6.07, 6.45) is 2.57. The van der Waals surface area contributed by atoms with E-state index >= 15 is 0 Å². The normalized spacial score (nSPS) is 15.7. The molecule has 0 aliphatic carbocycles. The molecule has 1 aliphatic heterocycles. The number of ether oxygens (including phenoxy) is 2. The quantitative estimate of drug-likeness (QED) is 0.547. The van der Waals surface area contributed by atoms with Crippen molar-refractivity contribution in [2.75, 3.05) is 40.3 Å². The number of carbonyl (C=O) groups is 1. The smallest absolute Gasteiger partial charge is 0.410 e. The number of hydrogen-bond acceptors (Lipinski definition) is 4. The second-order valence-corrected chi connectivity index (χ2v) is 8.86. The van der Waals surface area contributed by atoms with Gasteiger partial charge in [-0.2, -0.15) is 0 Å². The van der Waals surface area contributed by atoms with Crippen molar-refractivity contribution in [1.29, 1.82) is 0 Å². The Bertz CT molecular complexity index is 720. The van der Waals surface area contributed by atoms with Gasteiger partial charge in [-0.1, -0.05) is 17.7 Å². The lowest BCUT2D eigenvalue weighted by molar-refractivity contribution is 0.0185. The average molecular weight is 419 g/mol. The molecule has 0 spiro atoms. The third-order valence-electron chi connectivity index (χ3n) is 5.17. The number of aryl methyl sites for hydroxylation is 1. The largest absolute Gasteiger partial charge is 0.496 e. The van der Waals surface area contributed by atoms with Crippen molar-refractivity contribution < 1.29 is 14.3 Å². The molecule has 0 unspecified atom stereocenters. The van der Waals surface area contributed by atoms with Crippen molar-refractivity contribution in [3.63, 3.8) is 0 Å². The van der Waals surface area contributed by atoms with Crippen molar-refractivity contribution in [2.45, 2.75) is 52.6 Å². The number of nitrogens with zero attached hydrogens (tertiary/aromatic N) is 2. The maximum atomic E-state index is 12.2. The van der Waals surface area contributed by atoms with Crippen molar-refractivity contribution >= 4 is 12.1 Å². The van der Waals surface area contributed by atoms with Crippen LogP contribution >= 0.6 is 0 Å². The molecule has 0 saturated carbocycles. The first kappa shape index (κ1) is 23.8. The van der Waals surface area contributed by atoms with Gasteiger partial charge in [0.25, 0.3) is 0 Å². The van der Waals surface area contributed by atoms with Gasteiger partial charge in [0, 0.05) is 33.2 Å². The van der Waals surface area contributed by atoms with Gasteiger partial charge in [0.1, 0.15) is 11.4 Å². The van der Waals surface area contributed by atoms with E-state index in [1.54, 1.807) is 14.2 Å². The molecule has 1 aromatic rings. The lowest BCUT2D eigenvalue weighted by Crippen LogP contribution is -2.45. The number of aliphatic imine (C=N–C) groups is 1. The number of hydrogen-bond donors (Lipinski definition) is 2. The van der Waals surface area contributed by atoms with Gasteiger partial charge >= 0.3 is 6.09 Å². The molecular formula is C23H38N4O3. The van der Waals surface area contributed by atoms with Crippen molar-refractivity contribution in [3.05, 3.63) is 29.3 Å². The summed E-state index contributed by atoms with van der Waals surface area (Å²) in [6, 6.07) is 6.24. The molecule has 168 valence electrons. The van der Waals surface area contributed by atoms with E-state index in [9.17, 15) is 4.79 Å². The number of methoxy groups -OCH3 is 1. The Kier molecular flexibility index (Phi) is 8.81. The maximum absolute atomic E-state index is 12.2. The van der Waals surface area contributed by atoms with Crippen LogP contribution in [0.25, 0.3) is 0 Å². The van der Waals surface area contributed by atoms with Crippen LogP contribution in [0.3, 0.4) is 0 Å². The number of likely N-dealkylation sites (tertiary alicyclic amines) is 1. The van der Waals surface area contributed by atoms with E-state index in [0.717, 1.165) is 57.2 Å². The number of benzene rings is 1. The molecule has 30 heavy (non-hydrogen) atoms. The summed E-state index contributed by atoms with van der Waals surface area (Å²) in [4.78, 5) is 18.3. The highest BCUT2D eigenvalue weighted by molar-refractivity contribution is 5.79. The molecule has 1 aliphatic rings. The Balaban J connectivity index is 1.71. The van der Waals surface area contributed by atoms with Crippen LogP contribution in [0.2, 0.25) is 0 Å². The Labute approximate surface area is 181 Å². The third kappa shape index (κ3) is 7.76. The number of nitrogens with one attached hydrogen (secondary N) is 2. The van der Waals surface area contributed by atoms with Crippen molar-refractivity contribution in [3.8, 4) is 5.75 Å². The van der Waals surface area contributed by atoms with Crippen molar-refractivity contribution in [2.24, 2.45) is 10.9 Å². The third-order valence-corrected chi connectivity index (χ3v) is 5.17. The fraction of sp³-hybridized carbons (Fsp3) is 0.652. The molecule has 1 amide bonds. The lowest BCUT2D eigenvalue weighted by Gasteiger charge is -2.33. The summed E-state index contributed by atoms with van der Waals surface area (Å²) in [5.41, 5.74) is 1.97. The van der Waals surface area contributed by atoms with Gasteiger partial charge in [-0.25, -0.2) is 4.79 Å². The van der Waals surface area contributed by atoms with E-state index in [0.29, 0.717) is 5.92 Å². The highest BCUT2D eigenvalue weighted by Crippen LogP contribution is 2.20. The summed E-state index contributed by atoms with van der Waals surface area (Å²) in [6.45, 7) is 10.9. The van der Waals surface area contributed by atoms with E-state index < -0.39 is 5.60 Å². The zero-order valence-corrected chi connectivity index (χ0v) is 19.4. The molecule has 1 heterocycles. The summed E-state index contributed by atoms with van der Waals surface area (Å²) >= 11 is 0.